The summed E-state index contributed by atoms with van der Waals surface area (Å²) in [5.41, 5.74) is 8.30. The fraction of sp³-hybridized carbons (Fsp3) is 0.250. The van der Waals surface area contributed by atoms with E-state index in [4.69, 9.17) is 15.2 Å². The summed E-state index contributed by atoms with van der Waals surface area (Å²) in [6.45, 7) is 4.37. The highest BCUT2D eigenvalue weighted by Gasteiger charge is 2.17. The van der Waals surface area contributed by atoms with E-state index in [0.717, 1.165) is 11.1 Å². The first-order valence-corrected chi connectivity index (χ1v) is 6.70. The monoisotopic (exact) mass is 286 g/mol. The molecule has 0 aliphatic rings. The van der Waals surface area contributed by atoms with Crippen molar-refractivity contribution < 1.29 is 14.3 Å². The third-order valence-electron chi connectivity index (χ3n) is 2.86. The standard InChI is InChI=1S/C16H18N2O3/c1-3-20-14-6-4-5-13(17)15(14)16(19)21-10-12-7-11(2)8-18-9-12/h4-9H,3,10,17H2,1-2H3. The Hall–Kier alpha value is -2.56. The van der Waals surface area contributed by atoms with Crippen LogP contribution >= 0.6 is 0 Å². The molecule has 2 N–H and O–H groups in total. The van der Waals surface area contributed by atoms with Gasteiger partial charge in [0.25, 0.3) is 0 Å². The zero-order valence-electron chi connectivity index (χ0n) is 12.1. The number of aryl methyl sites for hydroxylation is 1. The number of anilines is 1. The molecular weight excluding hydrogens is 268 g/mol. The topological polar surface area (TPSA) is 74.4 Å². The van der Waals surface area contributed by atoms with Gasteiger partial charge in [0.15, 0.2) is 0 Å². The molecule has 1 aromatic heterocycles. The average Bonchev–Trinajstić information content (AvgIpc) is 2.45. The third-order valence-corrected chi connectivity index (χ3v) is 2.86. The molecule has 0 fully saturated rings. The Kier molecular flexibility index (Phi) is 4.77. The van der Waals surface area contributed by atoms with Gasteiger partial charge >= 0.3 is 5.97 Å². The molecule has 0 aliphatic carbocycles. The average molecular weight is 286 g/mol. The second-order valence-corrected chi connectivity index (χ2v) is 4.60. The van der Waals surface area contributed by atoms with Gasteiger partial charge in [-0.15, -0.1) is 0 Å². The van der Waals surface area contributed by atoms with Crippen LogP contribution in [0.3, 0.4) is 0 Å². The van der Waals surface area contributed by atoms with E-state index in [9.17, 15) is 4.79 Å². The van der Waals surface area contributed by atoms with Crippen LogP contribution < -0.4 is 10.5 Å². The quantitative estimate of drug-likeness (QED) is 0.675. The molecule has 21 heavy (non-hydrogen) atoms. The molecule has 0 aliphatic heterocycles. The molecule has 1 aromatic carbocycles. The Morgan fingerprint density at radius 3 is 2.86 bits per heavy atom. The van der Waals surface area contributed by atoms with Crippen molar-refractivity contribution in [3.63, 3.8) is 0 Å². The Balaban J connectivity index is 2.13. The fourth-order valence-corrected chi connectivity index (χ4v) is 1.96. The Bertz CT molecular complexity index is 641. The smallest absolute Gasteiger partial charge is 0.344 e. The SMILES string of the molecule is CCOc1cccc(N)c1C(=O)OCc1cncc(C)c1. The molecule has 0 saturated carbocycles. The van der Waals surface area contributed by atoms with Gasteiger partial charge in [-0.1, -0.05) is 6.07 Å². The molecule has 1 heterocycles. The van der Waals surface area contributed by atoms with Crippen molar-refractivity contribution >= 4 is 11.7 Å². The second kappa shape index (κ2) is 6.74. The lowest BCUT2D eigenvalue weighted by Crippen LogP contribution is -2.11. The van der Waals surface area contributed by atoms with Gasteiger partial charge in [0.2, 0.25) is 0 Å². The van der Waals surface area contributed by atoms with Crippen molar-refractivity contribution in [1.29, 1.82) is 0 Å². The van der Waals surface area contributed by atoms with Crippen LogP contribution in [-0.4, -0.2) is 17.6 Å². The van der Waals surface area contributed by atoms with Crippen LogP contribution in [0.4, 0.5) is 5.69 Å². The first-order valence-electron chi connectivity index (χ1n) is 6.70. The number of hydrogen-bond donors (Lipinski definition) is 1. The van der Waals surface area contributed by atoms with E-state index in [2.05, 4.69) is 4.98 Å². The summed E-state index contributed by atoms with van der Waals surface area (Å²) in [6, 6.07) is 7.00. The van der Waals surface area contributed by atoms with E-state index in [-0.39, 0.29) is 12.2 Å². The van der Waals surface area contributed by atoms with E-state index < -0.39 is 5.97 Å². The molecule has 0 saturated heterocycles. The largest absolute Gasteiger partial charge is 0.493 e. The summed E-state index contributed by atoms with van der Waals surface area (Å²) in [6.07, 6.45) is 3.41. The zero-order valence-corrected chi connectivity index (χ0v) is 12.1. The van der Waals surface area contributed by atoms with E-state index in [1.807, 2.05) is 19.9 Å². The normalized spacial score (nSPS) is 10.2. The van der Waals surface area contributed by atoms with Gasteiger partial charge in [0, 0.05) is 23.6 Å². The minimum atomic E-state index is -0.502. The fourth-order valence-electron chi connectivity index (χ4n) is 1.96. The van der Waals surface area contributed by atoms with Crippen molar-refractivity contribution in [3.05, 3.63) is 53.3 Å². The molecule has 0 spiro atoms. The number of esters is 1. The van der Waals surface area contributed by atoms with Crippen molar-refractivity contribution in [2.24, 2.45) is 0 Å². The Labute approximate surface area is 123 Å². The number of carbonyl (C=O) groups excluding carboxylic acids is 1. The number of rotatable bonds is 5. The van der Waals surface area contributed by atoms with Crippen LogP contribution in [0.5, 0.6) is 5.75 Å². The van der Waals surface area contributed by atoms with Gasteiger partial charge in [-0.25, -0.2) is 4.79 Å². The number of aromatic nitrogens is 1. The minimum absolute atomic E-state index is 0.146. The van der Waals surface area contributed by atoms with E-state index in [0.29, 0.717) is 18.0 Å². The van der Waals surface area contributed by atoms with Gasteiger partial charge < -0.3 is 15.2 Å². The second-order valence-electron chi connectivity index (χ2n) is 4.60. The summed E-state index contributed by atoms with van der Waals surface area (Å²) >= 11 is 0. The van der Waals surface area contributed by atoms with Gasteiger partial charge in [0.05, 0.1) is 6.61 Å². The van der Waals surface area contributed by atoms with Crippen LogP contribution in [0, 0.1) is 6.92 Å². The molecule has 0 amide bonds. The maximum Gasteiger partial charge on any atom is 0.344 e. The number of nitrogens with two attached hydrogens (primary N) is 1. The Morgan fingerprint density at radius 2 is 2.14 bits per heavy atom. The molecule has 2 aromatic rings. The summed E-state index contributed by atoms with van der Waals surface area (Å²) in [5, 5.41) is 0. The van der Waals surface area contributed by atoms with Crippen LogP contribution in [-0.2, 0) is 11.3 Å². The lowest BCUT2D eigenvalue weighted by atomic mass is 10.1. The van der Waals surface area contributed by atoms with Crippen LogP contribution in [0.1, 0.15) is 28.4 Å². The van der Waals surface area contributed by atoms with E-state index in [1.165, 1.54) is 0 Å². The van der Waals surface area contributed by atoms with Gasteiger partial charge in [-0.05, 0) is 37.6 Å². The summed E-state index contributed by atoms with van der Waals surface area (Å²) < 4.78 is 10.7. The highest BCUT2D eigenvalue weighted by molar-refractivity contribution is 5.98. The van der Waals surface area contributed by atoms with Gasteiger partial charge in [-0.2, -0.15) is 0 Å². The van der Waals surface area contributed by atoms with Crippen molar-refractivity contribution in [2.75, 3.05) is 12.3 Å². The first kappa shape index (κ1) is 14.8. The summed E-state index contributed by atoms with van der Waals surface area (Å²) in [7, 11) is 0. The molecule has 5 nitrogen and oxygen atoms in total. The molecule has 0 unspecified atom stereocenters. The van der Waals surface area contributed by atoms with Gasteiger partial charge in [0.1, 0.15) is 17.9 Å². The number of nitrogen functional groups attached to an aromatic ring is 1. The predicted octanol–water partition coefficient (Wildman–Crippen LogP) is 2.73. The lowest BCUT2D eigenvalue weighted by Gasteiger charge is -2.12. The van der Waals surface area contributed by atoms with Crippen LogP contribution in [0.2, 0.25) is 0 Å². The maximum absolute atomic E-state index is 12.2. The molecule has 5 heteroatoms. The molecule has 0 radical (unpaired) electrons. The molecule has 0 atom stereocenters. The summed E-state index contributed by atoms with van der Waals surface area (Å²) in [4.78, 5) is 16.3. The molecule has 110 valence electrons. The molecule has 0 bridgehead atoms. The van der Waals surface area contributed by atoms with Crippen molar-refractivity contribution in [1.82, 2.24) is 4.98 Å². The molecular formula is C16H18N2O3. The number of benzene rings is 1. The lowest BCUT2D eigenvalue weighted by molar-refractivity contribution is 0.0469. The third kappa shape index (κ3) is 3.72. The van der Waals surface area contributed by atoms with Gasteiger partial charge in [-0.3, -0.25) is 4.98 Å². The van der Waals surface area contributed by atoms with Crippen molar-refractivity contribution in [2.45, 2.75) is 20.5 Å². The highest BCUT2D eigenvalue weighted by atomic mass is 16.5. The predicted molar refractivity (Wildman–Crippen MR) is 80.1 cm³/mol. The minimum Gasteiger partial charge on any atom is -0.493 e. The first-order chi connectivity index (χ1) is 10.1. The number of hydrogen-bond acceptors (Lipinski definition) is 5. The highest BCUT2D eigenvalue weighted by Crippen LogP contribution is 2.25. The van der Waals surface area contributed by atoms with E-state index >= 15 is 0 Å². The summed E-state index contributed by atoms with van der Waals surface area (Å²) in [5.74, 6) is -0.0667. The zero-order chi connectivity index (χ0) is 15.2. The number of pyridine rings is 1. The van der Waals surface area contributed by atoms with Crippen LogP contribution in [0.25, 0.3) is 0 Å². The number of carbonyl (C=O) groups is 1. The Morgan fingerprint density at radius 1 is 1.33 bits per heavy atom. The van der Waals surface area contributed by atoms with Crippen molar-refractivity contribution in [3.8, 4) is 5.75 Å². The molecule has 2 rings (SSSR count). The number of ether oxygens (including phenoxy) is 2. The number of nitrogens with zero attached hydrogens (tertiary/aromatic N) is 1. The maximum atomic E-state index is 12.2. The van der Waals surface area contributed by atoms with Crippen LogP contribution in [0.15, 0.2) is 36.7 Å². The van der Waals surface area contributed by atoms with E-state index in [1.54, 1.807) is 30.6 Å².